The third kappa shape index (κ3) is 3.40. The number of aromatic nitrogens is 2. The summed E-state index contributed by atoms with van der Waals surface area (Å²) in [4.78, 5) is 13.8. The van der Waals surface area contributed by atoms with Gasteiger partial charge in [-0.1, -0.05) is 6.07 Å². The Balaban J connectivity index is 1.53. The Morgan fingerprint density at radius 2 is 2.29 bits per heavy atom. The van der Waals surface area contributed by atoms with Crippen molar-refractivity contribution in [2.24, 2.45) is 0 Å². The number of carbonyl (C=O) groups excluding carboxylic acids is 1. The van der Waals surface area contributed by atoms with E-state index < -0.39 is 0 Å². The molecule has 0 saturated carbocycles. The van der Waals surface area contributed by atoms with Crippen LogP contribution in [0.5, 0.6) is 0 Å². The molecule has 0 aliphatic rings. The third-order valence-electron chi connectivity index (χ3n) is 3.00. The van der Waals surface area contributed by atoms with Gasteiger partial charge >= 0.3 is 0 Å². The molecule has 1 amide bonds. The lowest BCUT2D eigenvalue weighted by Crippen LogP contribution is -2.26. The first kappa shape index (κ1) is 14.0. The molecule has 0 saturated heterocycles. The lowest BCUT2D eigenvalue weighted by atomic mass is 10.3. The molecule has 3 heterocycles. The van der Waals surface area contributed by atoms with Gasteiger partial charge in [0.25, 0.3) is 5.91 Å². The monoisotopic (exact) mass is 317 g/mol. The number of amides is 1. The number of aryl methyl sites for hydroxylation is 1. The molecule has 0 aromatic carbocycles. The highest BCUT2D eigenvalue weighted by Crippen LogP contribution is 2.22. The molecule has 0 unspecified atom stereocenters. The van der Waals surface area contributed by atoms with Gasteiger partial charge in [-0.15, -0.1) is 22.7 Å². The van der Waals surface area contributed by atoms with Crippen LogP contribution in [0.3, 0.4) is 0 Å². The zero-order chi connectivity index (χ0) is 14.7. The fourth-order valence-corrected chi connectivity index (χ4v) is 3.47. The van der Waals surface area contributed by atoms with Gasteiger partial charge in [-0.3, -0.25) is 9.48 Å². The maximum absolute atomic E-state index is 11.9. The van der Waals surface area contributed by atoms with E-state index in [1.807, 2.05) is 46.8 Å². The molecule has 108 valence electrons. The van der Waals surface area contributed by atoms with Gasteiger partial charge in [-0.05, 0) is 41.4 Å². The molecule has 0 atom stereocenters. The van der Waals surface area contributed by atoms with Crippen LogP contribution in [0.4, 0.5) is 0 Å². The molecule has 6 heteroatoms. The molecule has 0 aliphatic carbocycles. The van der Waals surface area contributed by atoms with Crippen LogP contribution in [-0.4, -0.2) is 22.2 Å². The number of carbonyl (C=O) groups is 1. The van der Waals surface area contributed by atoms with Crippen molar-refractivity contribution in [3.05, 3.63) is 51.7 Å². The Kier molecular flexibility index (Phi) is 4.17. The van der Waals surface area contributed by atoms with Gasteiger partial charge in [0.15, 0.2) is 0 Å². The van der Waals surface area contributed by atoms with Gasteiger partial charge in [0, 0.05) is 12.7 Å². The topological polar surface area (TPSA) is 46.9 Å². The second kappa shape index (κ2) is 6.24. The van der Waals surface area contributed by atoms with Crippen molar-refractivity contribution in [1.82, 2.24) is 15.1 Å². The van der Waals surface area contributed by atoms with Crippen LogP contribution in [0.15, 0.2) is 41.2 Å². The normalized spacial score (nSPS) is 10.7. The van der Waals surface area contributed by atoms with Gasteiger partial charge in [-0.2, -0.15) is 5.10 Å². The SMILES string of the molecule is Cc1csc(C(=O)NCCn2ccc(-c3cccs3)n2)c1. The first-order chi connectivity index (χ1) is 10.2. The molecule has 3 aromatic rings. The zero-order valence-electron chi connectivity index (χ0n) is 11.6. The first-order valence-corrected chi connectivity index (χ1v) is 8.39. The van der Waals surface area contributed by atoms with E-state index in [2.05, 4.69) is 16.5 Å². The third-order valence-corrected chi connectivity index (χ3v) is 4.93. The van der Waals surface area contributed by atoms with Crippen molar-refractivity contribution in [2.75, 3.05) is 6.54 Å². The van der Waals surface area contributed by atoms with Crippen molar-refractivity contribution >= 4 is 28.6 Å². The first-order valence-electron chi connectivity index (χ1n) is 6.63. The van der Waals surface area contributed by atoms with Crippen molar-refractivity contribution in [2.45, 2.75) is 13.5 Å². The highest BCUT2D eigenvalue weighted by molar-refractivity contribution is 7.13. The van der Waals surface area contributed by atoms with Crippen LogP contribution in [-0.2, 0) is 6.54 Å². The van der Waals surface area contributed by atoms with Crippen molar-refractivity contribution in [3.63, 3.8) is 0 Å². The Labute approximate surface area is 131 Å². The van der Waals surface area contributed by atoms with Crippen molar-refractivity contribution < 1.29 is 4.79 Å². The van der Waals surface area contributed by atoms with Crippen LogP contribution in [0.1, 0.15) is 15.2 Å². The standard InChI is InChI=1S/C15H15N3OS2/c1-11-9-14(21-10-11)15(19)16-5-7-18-6-4-12(17-18)13-3-2-8-20-13/h2-4,6,8-10H,5,7H2,1H3,(H,16,19). The summed E-state index contributed by atoms with van der Waals surface area (Å²) < 4.78 is 1.86. The van der Waals surface area contributed by atoms with Gasteiger partial charge in [0.2, 0.25) is 0 Å². The Bertz CT molecular complexity index is 728. The van der Waals surface area contributed by atoms with E-state index in [4.69, 9.17) is 0 Å². The average Bonchev–Trinajstić information content (AvgIpc) is 3.19. The second-order valence-electron chi connectivity index (χ2n) is 4.69. The minimum absolute atomic E-state index is 0.0151. The summed E-state index contributed by atoms with van der Waals surface area (Å²) in [6.07, 6.45) is 1.94. The molecule has 0 radical (unpaired) electrons. The molecule has 21 heavy (non-hydrogen) atoms. The van der Waals surface area contributed by atoms with Gasteiger partial charge in [0.05, 0.1) is 16.3 Å². The van der Waals surface area contributed by atoms with E-state index in [0.717, 1.165) is 21.0 Å². The lowest BCUT2D eigenvalue weighted by Gasteiger charge is -2.03. The molecule has 0 aliphatic heterocycles. The summed E-state index contributed by atoms with van der Waals surface area (Å²) in [7, 11) is 0. The van der Waals surface area contributed by atoms with E-state index in [1.165, 1.54) is 11.3 Å². The predicted molar refractivity (Wildman–Crippen MR) is 86.9 cm³/mol. The van der Waals surface area contributed by atoms with Crippen LogP contribution in [0, 0.1) is 6.92 Å². The number of hydrogen-bond acceptors (Lipinski definition) is 4. The number of thiophene rings is 2. The highest BCUT2D eigenvalue weighted by Gasteiger charge is 2.07. The fourth-order valence-electron chi connectivity index (χ4n) is 1.96. The van der Waals surface area contributed by atoms with Crippen LogP contribution in [0.2, 0.25) is 0 Å². The molecule has 0 spiro atoms. The molecule has 4 nitrogen and oxygen atoms in total. The molecule has 3 rings (SSSR count). The Morgan fingerprint density at radius 1 is 1.38 bits per heavy atom. The van der Waals surface area contributed by atoms with Crippen LogP contribution in [0.25, 0.3) is 10.6 Å². The molecule has 0 fully saturated rings. The van der Waals surface area contributed by atoms with Crippen LogP contribution < -0.4 is 5.32 Å². The molecular formula is C15H15N3OS2. The van der Waals surface area contributed by atoms with Crippen molar-refractivity contribution in [3.8, 4) is 10.6 Å². The fraction of sp³-hybridized carbons (Fsp3) is 0.200. The predicted octanol–water partition coefficient (Wildman–Crippen LogP) is 3.41. The van der Waals surface area contributed by atoms with E-state index in [9.17, 15) is 4.79 Å². The summed E-state index contributed by atoms with van der Waals surface area (Å²) in [5, 5.41) is 11.4. The van der Waals surface area contributed by atoms with Gasteiger partial charge in [-0.25, -0.2) is 0 Å². The average molecular weight is 317 g/mol. The summed E-state index contributed by atoms with van der Waals surface area (Å²) in [6, 6.07) is 7.97. The zero-order valence-corrected chi connectivity index (χ0v) is 13.2. The smallest absolute Gasteiger partial charge is 0.261 e. The number of hydrogen-bond donors (Lipinski definition) is 1. The quantitative estimate of drug-likeness (QED) is 0.784. The maximum atomic E-state index is 11.9. The minimum atomic E-state index is -0.0151. The van der Waals surface area contributed by atoms with E-state index >= 15 is 0 Å². The number of nitrogens with zero attached hydrogens (tertiary/aromatic N) is 2. The van der Waals surface area contributed by atoms with Gasteiger partial charge in [0.1, 0.15) is 5.69 Å². The summed E-state index contributed by atoms with van der Waals surface area (Å²) in [5.74, 6) is -0.0151. The van der Waals surface area contributed by atoms with Crippen LogP contribution >= 0.6 is 22.7 Å². The largest absolute Gasteiger partial charge is 0.349 e. The van der Waals surface area contributed by atoms with E-state index in [-0.39, 0.29) is 5.91 Å². The number of nitrogens with one attached hydrogen (secondary N) is 1. The number of rotatable bonds is 5. The minimum Gasteiger partial charge on any atom is -0.349 e. The Morgan fingerprint density at radius 3 is 3.00 bits per heavy atom. The molecular weight excluding hydrogens is 302 g/mol. The Hall–Kier alpha value is -1.92. The molecule has 0 bridgehead atoms. The summed E-state index contributed by atoms with van der Waals surface area (Å²) >= 11 is 3.15. The van der Waals surface area contributed by atoms with Crippen molar-refractivity contribution in [1.29, 1.82) is 0 Å². The lowest BCUT2D eigenvalue weighted by molar-refractivity contribution is 0.0956. The van der Waals surface area contributed by atoms with E-state index in [1.54, 1.807) is 11.3 Å². The maximum Gasteiger partial charge on any atom is 0.261 e. The highest BCUT2D eigenvalue weighted by atomic mass is 32.1. The second-order valence-corrected chi connectivity index (χ2v) is 6.54. The summed E-state index contributed by atoms with van der Waals surface area (Å²) in [6.45, 7) is 3.23. The van der Waals surface area contributed by atoms with E-state index in [0.29, 0.717) is 13.1 Å². The van der Waals surface area contributed by atoms with Gasteiger partial charge < -0.3 is 5.32 Å². The summed E-state index contributed by atoms with van der Waals surface area (Å²) in [5.41, 5.74) is 2.10. The molecule has 1 N–H and O–H groups in total. The molecule has 3 aromatic heterocycles.